The van der Waals surface area contributed by atoms with Gasteiger partial charge in [0.05, 0.1) is 13.2 Å². The maximum atomic E-state index is 5.81. The topological polar surface area (TPSA) is 67.8 Å². The van der Waals surface area contributed by atoms with E-state index in [1.807, 2.05) is 32.0 Å². The Morgan fingerprint density at radius 2 is 1.61 bits per heavy atom. The first kappa shape index (κ1) is 21.8. The van der Waals surface area contributed by atoms with Gasteiger partial charge in [-0.2, -0.15) is 0 Å². The highest BCUT2D eigenvalue weighted by molar-refractivity contribution is 6.29. The van der Waals surface area contributed by atoms with Crippen LogP contribution in [0.1, 0.15) is 25.0 Å². The van der Waals surface area contributed by atoms with Crippen molar-refractivity contribution in [2.24, 2.45) is 4.99 Å². The second-order valence-corrected chi connectivity index (χ2v) is 6.45. The van der Waals surface area contributed by atoms with Crippen molar-refractivity contribution in [3.63, 3.8) is 0 Å². The van der Waals surface area contributed by atoms with Gasteiger partial charge in [0.25, 0.3) is 0 Å². The summed E-state index contributed by atoms with van der Waals surface area (Å²) in [6.07, 6.45) is 3.50. The number of aromatic nitrogens is 1. The van der Waals surface area contributed by atoms with Gasteiger partial charge in [-0.25, -0.2) is 4.98 Å². The molecular weight excluding hydrogens is 376 g/mol. The molecule has 0 atom stereocenters. The van der Waals surface area contributed by atoms with Crippen LogP contribution in [0.4, 0.5) is 0 Å². The summed E-state index contributed by atoms with van der Waals surface area (Å²) in [7, 11) is 1.77. The van der Waals surface area contributed by atoms with Crippen LogP contribution in [-0.4, -0.2) is 44.3 Å². The quantitative estimate of drug-likeness (QED) is 0.360. The van der Waals surface area contributed by atoms with Crippen LogP contribution in [0.25, 0.3) is 0 Å². The molecule has 6 nitrogen and oxygen atoms in total. The molecule has 0 spiro atoms. The Balaban J connectivity index is 1.78. The molecule has 0 saturated heterocycles. The summed E-state index contributed by atoms with van der Waals surface area (Å²) < 4.78 is 11.3. The summed E-state index contributed by atoms with van der Waals surface area (Å²) >= 11 is 5.81. The van der Waals surface area contributed by atoms with E-state index in [9.17, 15) is 0 Å². The van der Waals surface area contributed by atoms with Gasteiger partial charge in [0, 0.05) is 26.3 Å². The molecule has 0 fully saturated rings. The van der Waals surface area contributed by atoms with Crippen molar-refractivity contribution < 1.29 is 9.47 Å². The Labute approximate surface area is 172 Å². The fraction of sp³-hybridized carbons (Fsp3) is 0.429. The second-order valence-electron chi connectivity index (χ2n) is 6.06. The van der Waals surface area contributed by atoms with E-state index in [0.29, 0.717) is 18.4 Å². The molecule has 0 aliphatic rings. The molecule has 0 saturated carbocycles. The van der Waals surface area contributed by atoms with E-state index in [0.717, 1.165) is 49.0 Å². The minimum atomic E-state index is 0.510. The lowest BCUT2D eigenvalue weighted by Gasteiger charge is -2.14. The van der Waals surface area contributed by atoms with E-state index in [1.165, 1.54) is 5.56 Å². The molecule has 7 heteroatoms. The highest BCUT2D eigenvalue weighted by atomic mass is 35.5. The predicted molar refractivity (Wildman–Crippen MR) is 115 cm³/mol. The Hall–Kier alpha value is -2.47. The SMILES string of the molecule is CCOc1ccc(CCNC(=NC)NCCc2ccc(Cl)nc2)cc1OCC. The first-order chi connectivity index (χ1) is 13.7. The molecule has 1 aromatic heterocycles. The number of aliphatic imine (C=N–C) groups is 1. The third-order valence-corrected chi connectivity index (χ3v) is 4.26. The summed E-state index contributed by atoms with van der Waals surface area (Å²) in [6.45, 7) is 6.70. The van der Waals surface area contributed by atoms with Gasteiger partial charge >= 0.3 is 0 Å². The number of nitrogens with zero attached hydrogens (tertiary/aromatic N) is 2. The Kier molecular flexibility index (Phi) is 9.42. The molecule has 0 unspecified atom stereocenters. The van der Waals surface area contributed by atoms with E-state index >= 15 is 0 Å². The highest BCUT2D eigenvalue weighted by Gasteiger charge is 2.06. The highest BCUT2D eigenvalue weighted by Crippen LogP contribution is 2.28. The standard InChI is InChI=1S/C21H29ClN4O2/c1-4-27-18-8-6-16(14-19(18)28-5-2)10-12-24-21(23-3)25-13-11-17-7-9-20(22)26-15-17/h6-9,14-15H,4-5,10-13H2,1-3H3,(H2,23,24,25). The van der Waals surface area contributed by atoms with Crippen LogP contribution < -0.4 is 20.1 Å². The van der Waals surface area contributed by atoms with Gasteiger partial charge in [-0.05, 0) is 56.0 Å². The first-order valence-corrected chi connectivity index (χ1v) is 9.97. The minimum Gasteiger partial charge on any atom is -0.490 e. The van der Waals surface area contributed by atoms with Crippen molar-refractivity contribution in [3.8, 4) is 11.5 Å². The summed E-state index contributed by atoms with van der Waals surface area (Å²) in [6, 6.07) is 9.86. The lowest BCUT2D eigenvalue weighted by molar-refractivity contribution is 0.287. The van der Waals surface area contributed by atoms with E-state index in [4.69, 9.17) is 21.1 Å². The average Bonchev–Trinajstić information content (AvgIpc) is 2.70. The fourth-order valence-electron chi connectivity index (χ4n) is 2.68. The van der Waals surface area contributed by atoms with Crippen molar-refractivity contribution in [1.82, 2.24) is 15.6 Å². The first-order valence-electron chi connectivity index (χ1n) is 9.59. The Bertz CT molecular complexity index is 751. The normalized spacial score (nSPS) is 11.2. The van der Waals surface area contributed by atoms with Crippen LogP contribution in [-0.2, 0) is 12.8 Å². The molecule has 0 amide bonds. The maximum absolute atomic E-state index is 5.81. The molecule has 152 valence electrons. The molecule has 0 radical (unpaired) electrons. The lowest BCUT2D eigenvalue weighted by atomic mass is 10.1. The van der Waals surface area contributed by atoms with Crippen LogP contribution in [0.15, 0.2) is 41.5 Å². The smallest absolute Gasteiger partial charge is 0.190 e. The number of ether oxygens (including phenoxy) is 2. The minimum absolute atomic E-state index is 0.510. The molecule has 28 heavy (non-hydrogen) atoms. The van der Waals surface area contributed by atoms with Crippen molar-refractivity contribution in [1.29, 1.82) is 0 Å². The molecular formula is C21H29ClN4O2. The third kappa shape index (κ3) is 7.27. The van der Waals surface area contributed by atoms with E-state index in [2.05, 4.69) is 26.7 Å². The monoisotopic (exact) mass is 404 g/mol. The van der Waals surface area contributed by atoms with Gasteiger partial charge in [0.15, 0.2) is 17.5 Å². The van der Waals surface area contributed by atoms with Crippen molar-refractivity contribution in [2.45, 2.75) is 26.7 Å². The summed E-state index contributed by atoms with van der Waals surface area (Å²) in [5.41, 5.74) is 2.31. The van der Waals surface area contributed by atoms with Crippen LogP contribution in [0.5, 0.6) is 11.5 Å². The number of halogens is 1. The molecule has 1 heterocycles. The number of hydrogen-bond acceptors (Lipinski definition) is 4. The van der Waals surface area contributed by atoms with E-state index in [-0.39, 0.29) is 0 Å². The van der Waals surface area contributed by atoms with Gasteiger partial charge in [0.1, 0.15) is 5.15 Å². The van der Waals surface area contributed by atoms with Crippen LogP contribution in [0.2, 0.25) is 5.15 Å². The van der Waals surface area contributed by atoms with E-state index < -0.39 is 0 Å². The predicted octanol–water partition coefficient (Wildman–Crippen LogP) is 3.48. The fourth-order valence-corrected chi connectivity index (χ4v) is 2.79. The Morgan fingerprint density at radius 3 is 2.21 bits per heavy atom. The zero-order chi connectivity index (χ0) is 20.2. The Morgan fingerprint density at radius 1 is 0.964 bits per heavy atom. The van der Waals surface area contributed by atoms with Crippen LogP contribution in [0, 0.1) is 0 Å². The van der Waals surface area contributed by atoms with Gasteiger partial charge in [-0.1, -0.05) is 23.7 Å². The van der Waals surface area contributed by atoms with Gasteiger partial charge in [-0.15, -0.1) is 0 Å². The number of guanidine groups is 1. The van der Waals surface area contributed by atoms with Crippen molar-refractivity contribution >= 4 is 17.6 Å². The number of nitrogens with one attached hydrogen (secondary N) is 2. The van der Waals surface area contributed by atoms with Gasteiger partial charge in [0.2, 0.25) is 0 Å². The molecule has 2 aromatic rings. The summed E-state index contributed by atoms with van der Waals surface area (Å²) in [4.78, 5) is 8.35. The molecule has 1 aromatic carbocycles. The number of hydrogen-bond donors (Lipinski definition) is 2. The average molecular weight is 405 g/mol. The molecule has 2 N–H and O–H groups in total. The molecule has 2 rings (SSSR count). The second kappa shape index (κ2) is 12.1. The molecule has 0 aliphatic heterocycles. The summed E-state index contributed by atoms with van der Waals surface area (Å²) in [5, 5.41) is 7.15. The van der Waals surface area contributed by atoms with Crippen molar-refractivity contribution in [2.75, 3.05) is 33.4 Å². The van der Waals surface area contributed by atoms with Crippen LogP contribution in [0.3, 0.4) is 0 Å². The zero-order valence-corrected chi connectivity index (χ0v) is 17.6. The number of benzene rings is 1. The molecule has 0 bridgehead atoms. The van der Waals surface area contributed by atoms with E-state index in [1.54, 1.807) is 19.3 Å². The number of pyridine rings is 1. The van der Waals surface area contributed by atoms with Crippen molar-refractivity contribution in [3.05, 3.63) is 52.8 Å². The number of rotatable bonds is 10. The van der Waals surface area contributed by atoms with Crippen LogP contribution >= 0.6 is 11.6 Å². The zero-order valence-electron chi connectivity index (χ0n) is 16.8. The lowest BCUT2D eigenvalue weighted by Crippen LogP contribution is -2.39. The third-order valence-electron chi connectivity index (χ3n) is 4.03. The maximum Gasteiger partial charge on any atom is 0.190 e. The molecule has 0 aliphatic carbocycles. The van der Waals surface area contributed by atoms with Gasteiger partial charge in [-0.3, -0.25) is 4.99 Å². The van der Waals surface area contributed by atoms with Gasteiger partial charge < -0.3 is 20.1 Å². The largest absolute Gasteiger partial charge is 0.490 e. The summed E-state index contributed by atoms with van der Waals surface area (Å²) in [5.74, 6) is 2.36.